The SMILES string of the molecule is CCn1c(C(C)C)nc(-c2cc(OC)cc(OC)c2)c1N. The third-order valence-electron chi connectivity index (χ3n) is 3.49. The summed E-state index contributed by atoms with van der Waals surface area (Å²) in [4.78, 5) is 4.73. The van der Waals surface area contributed by atoms with Gasteiger partial charge in [-0.05, 0) is 19.1 Å². The van der Waals surface area contributed by atoms with Crippen LogP contribution in [-0.4, -0.2) is 23.8 Å². The lowest BCUT2D eigenvalue weighted by Crippen LogP contribution is -2.06. The molecule has 0 radical (unpaired) electrons. The highest BCUT2D eigenvalue weighted by Gasteiger charge is 2.18. The van der Waals surface area contributed by atoms with E-state index in [4.69, 9.17) is 20.2 Å². The number of benzene rings is 1. The van der Waals surface area contributed by atoms with E-state index in [-0.39, 0.29) is 0 Å². The molecule has 5 heteroatoms. The molecule has 21 heavy (non-hydrogen) atoms. The molecule has 2 rings (SSSR count). The number of methoxy groups -OCH3 is 2. The Morgan fingerprint density at radius 1 is 1.14 bits per heavy atom. The van der Waals surface area contributed by atoms with Crippen molar-refractivity contribution in [2.75, 3.05) is 20.0 Å². The van der Waals surface area contributed by atoms with Crippen molar-refractivity contribution in [2.24, 2.45) is 0 Å². The fourth-order valence-electron chi connectivity index (χ4n) is 2.41. The number of nitrogens with two attached hydrogens (primary N) is 1. The van der Waals surface area contributed by atoms with E-state index in [0.29, 0.717) is 11.7 Å². The van der Waals surface area contributed by atoms with Crippen molar-refractivity contribution in [1.29, 1.82) is 0 Å². The highest BCUT2D eigenvalue weighted by atomic mass is 16.5. The number of rotatable bonds is 5. The van der Waals surface area contributed by atoms with Gasteiger partial charge < -0.3 is 19.8 Å². The molecule has 2 N–H and O–H groups in total. The zero-order valence-electron chi connectivity index (χ0n) is 13.3. The van der Waals surface area contributed by atoms with Crippen LogP contribution in [0.15, 0.2) is 18.2 Å². The Bertz CT molecular complexity index is 610. The van der Waals surface area contributed by atoms with Crippen LogP contribution >= 0.6 is 0 Å². The van der Waals surface area contributed by atoms with Crippen LogP contribution in [0.25, 0.3) is 11.3 Å². The summed E-state index contributed by atoms with van der Waals surface area (Å²) in [6.07, 6.45) is 0. The fraction of sp³-hybridized carbons (Fsp3) is 0.438. The molecule has 0 unspecified atom stereocenters. The molecule has 114 valence electrons. The Labute approximate surface area is 125 Å². The summed E-state index contributed by atoms with van der Waals surface area (Å²) >= 11 is 0. The first kappa shape index (κ1) is 15.2. The maximum absolute atomic E-state index is 6.29. The second-order valence-electron chi connectivity index (χ2n) is 5.20. The Morgan fingerprint density at radius 3 is 2.10 bits per heavy atom. The molecule has 0 fully saturated rings. The average Bonchev–Trinajstić information content (AvgIpc) is 2.83. The number of anilines is 1. The third-order valence-corrected chi connectivity index (χ3v) is 3.49. The number of hydrogen-bond acceptors (Lipinski definition) is 4. The molecule has 0 amide bonds. The fourth-order valence-corrected chi connectivity index (χ4v) is 2.41. The summed E-state index contributed by atoms with van der Waals surface area (Å²) in [6, 6.07) is 5.68. The van der Waals surface area contributed by atoms with Gasteiger partial charge in [-0.1, -0.05) is 13.8 Å². The van der Waals surface area contributed by atoms with E-state index in [0.717, 1.165) is 35.1 Å². The van der Waals surface area contributed by atoms with Crippen LogP contribution in [0.4, 0.5) is 5.82 Å². The molecule has 0 saturated carbocycles. The van der Waals surface area contributed by atoms with Gasteiger partial charge in [-0.15, -0.1) is 0 Å². The van der Waals surface area contributed by atoms with Crippen LogP contribution in [0.3, 0.4) is 0 Å². The molecule has 1 aromatic carbocycles. The maximum Gasteiger partial charge on any atom is 0.131 e. The predicted octanol–water partition coefficient (Wildman–Crippen LogP) is 3.29. The molecule has 0 aliphatic carbocycles. The predicted molar refractivity (Wildman–Crippen MR) is 84.9 cm³/mol. The van der Waals surface area contributed by atoms with Gasteiger partial charge in [0.2, 0.25) is 0 Å². The second-order valence-corrected chi connectivity index (χ2v) is 5.20. The Balaban J connectivity index is 2.61. The Kier molecular flexibility index (Phi) is 4.40. The normalized spacial score (nSPS) is 11.0. The Morgan fingerprint density at radius 2 is 1.71 bits per heavy atom. The van der Waals surface area contributed by atoms with Gasteiger partial charge in [-0.25, -0.2) is 4.98 Å². The van der Waals surface area contributed by atoms with E-state index >= 15 is 0 Å². The van der Waals surface area contributed by atoms with Crippen molar-refractivity contribution in [3.8, 4) is 22.8 Å². The lowest BCUT2D eigenvalue weighted by Gasteiger charge is -2.09. The zero-order chi connectivity index (χ0) is 15.6. The minimum Gasteiger partial charge on any atom is -0.497 e. The van der Waals surface area contributed by atoms with E-state index in [1.165, 1.54) is 0 Å². The standard InChI is InChI=1S/C16H23N3O2/c1-6-19-15(17)14(18-16(19)10(2)3)11-7-12(20-4)9-13(8-11)21-5/h7-10H,6,17H2,1-5H3. The number of ether oxygens (including phenoxy) is 2. The largest absolute Gasteiger partial charge is 0.497 e. The van der Waals surface area contributed by atoms with Crippen LogP contribution in [0, 0.1) is 0 Å². The van der Waals surface area contributed by atoms with E-state index in [1.54, 1.807) is 14.2 Å². The molecule has 0 saturated heterocycles. The van der Waals surface area contributed by atoms with Crippen molar-refractivity contribution in [3.05, 3.63) is 24.0 Å². The lowest BCUT2D eigenvalue weighted by atomic mass is 10.1. The molecule has 0 aliphatic heterocycles. The smallest absolute Gasteiger partial charge is 0.131 e. The number of nitrogen functional groups attached to an aromatic ring is 1. The summed E-state index contributed by atoms with van der Waals surface area (Å²) in [7, 11) is 3.26. The highest BCUT2D eigenvalue weighted by molar-refractivity contribution is 5.73. The van der Waals surface area contributed by atoms with Gasteiger partial charge in [0.05, 0.1) is 14.2 Å². The summed E-state index contributed by atoms with van der Waals surface area (Å²) in [5.41, 5.74) is 7.96. The minimum atomic E-state index is 0.313. The second kappa shape index (κ2) is 6.08. The number of aromatic nitrogens is 2. The topological polar surface area (TPSA) is 62.3 Å². The molecule has 0 spiro atoms. The van der Waals surface area contributed by atoms with E-state index < -0.39 is 0 Å². The maximum atomic E-state index is 6.29. The summed E-state index contributed by atoms with van der Waals surface area (Å²) < 4.78 is 12.7. The zero-order valence-corrected chi connectivity index (χ0v) is 13.3. The van der Waals surface area contributed by atoms with Gasteiger partial charge >= 0.3 is 0 Å². The number of imidazole rings is 1. The third kappa shape index (κ3) is 2.82. The first-order valence-electron chi connectivity index (χ1n) is 7.11. The van der Waals surface area contributed by atoms with Crippen LogP contribution < -0.4 is 15.2 Å². The van der Waals surface area contributed by atoms with E-state index in [9.17, 15) is 0 Å². The van der Waals surface area contributed by atoms with Crippen LogP contribution in [0.2, 0.25) is 0 Å². The monoisotopic (exact) mass is 289 g/mol. The van der Waals surface area contributed by atoms with Gasteiger partial charge in [-0.2, -0.15) is 0 Å². The minimum absolute atomic E-state index is 0.313. The molecule has 1 heterocycles. The first-order chi connectivity index (χ1) is 10.0. The van der Waals surface area contributed by atoms with Gasteiger partial charge in [0.1, 0.15) is 28.8 Å². The molecule has 0 atom stereocenters. The van der Waals surface area contributed by atoms with Gasteiger partial charge in [0.15, 0.2) is 0 Å². The molecule has 2 aromatic rings. The summed E-state index contributed by atoms with van der Waals surface area (Å²) in [5, 5.41) is 0. The average molecular weight is 289 g/mol. The van der Waals surface area contributed by atoms with Crippen molar-refractivity contribution in [3.63, 3.8) is 0 Å². The highest BCUT2D eigenvalue weighted by Crippen LogP contribution is 2.34. The van der Waals surface area contributed by atoms with E-state index in [2.05, 4.69) is 20.8 Å². The molecule has 0 bridgehead atoms. The molecule has 0 aliphatic rings. The number of hydrogen-bond donors (Lipinski definition) is 1. The van der Waals surface area contributed by atoms with Crippen molar-refractivity contribution < 1.29 is 9.47 Å². The van der Waals surface area contributed by atoms with Crippen LogP contribution in [-0.2, 0) is 6.54 Å². The molecule has 5 nitrogen and oxygen atoms in total. The Hall–Kier alpha value is -2.17. The quantitative estimate of drug-likeness (QED) is 0.917. The first-order valence-corrected chi connectivity index (χ1v) is 7.11. The molecule has 1 aromatic heterocycles. The van der Waals surface area contributed by atoms with E-state index in [1.807, 2.05) is 22.8 Å². The van der Waals surface area contributed by atoms with Gasteiger partial charge in [-0.3, -0.25) is 0 Å². The summed E-state index contributed by atoms with van der Waals surface area (Å²) in [5.74, 6) is 3.43. The van der Waals surface area contributed by atoms with Crippen molar-refractivity contribution >= 4 is 5.82 Å². The van der Waals surface area contributed by atoms with Gasteiger partial charge in [0.25, 0.3) is 0 Å². The molecular weight excluding hydrogens is 266 g/mol. The van der Waals surface area contributed by atoms with Crippen molar-refractivity contribution in [2.45, 2.75) is 33.2 Å². The van der Waals surface area contributed by atoms with Crippen molar-refractivity contribution in [1.82, 2.24) is 9.55 Å². The number of nitrogens with zero attached hydrogens (tertiary/aromatic N) is 2. The lowest BCUT2D eigenvalue weighted by molar-refractivity contribution is 0.394. The molecular formula is C16H23N3O2. The van der Waals surface area contributed by atoms with Gasteiger partial charge in [0, 0.05) is 24.1 Å². The summed E-state index contributed by atoms with van der Waals surface area (Å²) in [6.45, 7) is 7.10. The van der Waals surface area contributed by atoms with Crippen LogP contribution in [0.5, 0.6) is 11.5 Å². The van der Waals surface area contributed by atoms with Crippen LogP contribution in [0.1, 0.15) is 32.5 Å².